The van der Waals surface area contributed by atoms with Crippen molar-refractivity contribution in [3.63, 3.8) is 0 Å². The molecule has 0 aliphatic heterocycles. The van der Waals surface area contributed by atoms with E-state index in [1.807, 2.05) is 24.5 Å². The van der Waals surface area contributed by atoms with Crippen LogP contribution in [0.2, 0.25) is 0 Å². The van der Waals surface area contributed by atoms with Crippen molar-refractivity contribution in [3.05, 3.63) is 45.2 Å². The van der Waals surface area contributed by atoms with Crippen LogP contribution in [0.15, 0.2) is 29.3 Å². The van der Waals surface area contributed by atoms with Gasteiger partial charge in [0, 0.05) is 31.3 Å². The summed E-state index contributed by atoms with van der Waals surface area (Å²) in [5.74, 6) is 0.196. The molecule has 0 saturated heterocycles. The third-order valence-corrected chi connectivity index (χ3v) is 4.86. The van der Waals surface area contributed by atoms with Crippen LogP contribution in [0.3, 0.4) is 0 Å². The van der Waals surface area contributed by atoms with Gasteiger partial charge in [-0.3, -0.25) is 4.79 Å². The van der Waals surface area contributed by atoms with Crippen LogP contribution in [0.4, 0.5) is 0 Å². The third kappa shape index (κ3) is 5.01. The fourth-order valence-electron chi connectivity index (χ4n) is 2.28. The number of aromatic nitrogens is 1. The second-order valence-electron chi connectivity index (χ2n) is 5.43. The first kappa shape index (κ1) is 19.4. The first-order valence-electron chi connectivity index (χ1n) is 8.04. The molecular weight excluding hydrogens is 340 g/mol. The van der Waals surface area contributed by atoms with Crippen molar-refractivity contribution in [3.8, 4) is 5.75 Å². The van der Waals surface area contributed by atoms with E-state index in [4.69, 9.17) is 14.2 Å². The highest BCUT2D eigenvalue weighted by Crippen LogP contribution is 2.19. The third-order valence-electron chi connectivity index (χ3n) is 3.77. The number of ether oxygens (including phenoxy) is 3. The molecule has 1 aromatic carbocycles. The van der Waals surface area contributed by atoms with Crippen molar-refractivity contribution in [1.29, 1.82) is 0 Å². The van der Waals surface area contributed by atoms with E-state index in [1.54, 1.807) is 32.4 Å². The topological polar surface area (TPSA) is 62.0 Å². The number of carbonyl (C=O) groups excluding carboxylic acids is 1. The van der Waals surface area contributed by atoms with E-state index in [-0.39, 0.29) is 5.91 Å². The molecule has 0 spiro atoms. The SMILES string of the molecule is COCCOc1ccccc1C(=O)/N=c1/sc(C)c(C)n1CCOC. The van der Waals surface area contributed by atoms with E-state index in [0.29, 0.717) is 42.5 Å². The van der Waals surface area contributed by atoms with Gasteiger partial charge < -0.3 is 18.8 Å². The summed E-state index contributed by atoms with van der Waals surface area (Å²) in [4.78, 5) is 18.8. The van der Waals surface area contributed by atoms with Crippen molar-refractivity contribution in [1.82, 2.24) is 4.57 Å². The van der Waals surface area contributed by atoms with Crippen LogP contribution in [0, 0.1) is 13.8 Å². The van der Waals surface area contributed by atoms with Gasteiger partial charge >= 0.3 is 0 Å². The quantitative estimate of drug-likeness (QED) is 0.676. The molecule has 0 radical (unpaired) electrons. The maximum atomic E-state index is 12.7. The Morgan fingerprint density at radius 3 is 2.56 bits per heavy atom. The number of carbonyl (C=O) groups is 1. The molecule has 25 heavy (non-hydrogen) atoms. The maximum absolute atomic E-state index is 12.7. The number of rotatable bonds is 8. The standard InChI is InChI=1S/C18H24N2O4S/c1-13-14(2)25-18(20(13)9-10-22-3)19-17(21)15-7-5-6-8-16(15)24-12-11-23-4/h5-8H,9-12H2,1-4H3/b19-18+. The Morgan fingerprint density at radius 1 is 1.12 bits per heavy atom. The number of methoxy groups -OCH3 is 2. The highest BCUT2D eigenvalue weighted by molar-refractivity contribution is 7.09. The lowest BCUT2D eigenvalue weighted by Gasteiger charge is -2.09. The summed E-state index contributed by atoms with van der Waals surface area (Å²) in [6, 6.07) is 7.12. The summed E-state index contributed by atoms with van der Waals surface area (Å²) in [6.45, 7) is 6.10. The number of hydrogen-bond donors (Lipinski definition) is 0. The van der Waals surface area contributed by atoms with E-state index >= 15 is 0 Å². The molecule has 6 nitrogen and oxygen atoms in total. The second kappa shape index (κ2) is 9.50. The number of hydrogen-bond acceptors (Lipinski definition) is 5. The molecule has 1 aromatic heterocycles. The number of para-hydroxylation sites is 1. The molecule has 0 N–H and O–H groups in total. The Labute approximate surface area is 151 Å². The lowest BCUT2D eigenvalue weighted by molar-refractivity contribution is 0.0989. The summed E-state index contributed by atoms with van der Waals surface area (Å²) in [7, 11) is 3.26. The van der Waals surface area contributed by atoms with Crippen LogP contribution >= 0.6 is 11.3 Å². The van der Waals surface area contributed by atoms with E-state index < -0.39 is 0 Å². The molecule has 7 heteroatoms. The number of amides is 1. The van der Waals surface area contributed by atoms with Crippen LogP contribution in [-0.4, -0.2) is 44.5 Å². The van der Waals surface area contributed by atoms with Crippen molar-refractivity contribution in [2.75, 3.05) is 34.0 Å². The fourth-order valence-corrected chi connectivity index (χ4v) is 3.28. The molecule has 0 unspecified atom stereocenters. The molecule has 0 bridgehead atoms. The van der Waals surface area contributed by atoms with Crippen LogP contribution in [0.5, 0.6) is 5.75 Å². The molecule has 0 aliphatic rings. The molecular formula is C18H24N2O4S. The van der Waals surface area contributed by atoms with Crippen LogP contribution in [-0.2, 0) is 16.0 Å². The summed E-state index contributed by atoms with van der Waals surface area (Å²) in [6.07, 6.45) is 0. The lowest BCUT2D eigenvalue weighted by atomic mass is 10.2. The summed E-state index contributed by atoms with van der Waals surface area (Å²) in [5, 5.41) is 0. The molecule has 0 saturated carbocycles. The largest absolute Gasteiger partial charge is 0.490 e. The maximum Gasteiger partial charge on any atom is 0.283 e. The molecule has 2 aromatic rings. The smallest absolute Gasteiger partial charge is 0.283 e. The highest BCUT2D eigenvalue weighted by Gasteiger charge is 2.13. The van der Waals surface area contributed by atoms with Gasteiger partial charge in [0.25, 0.3) is 5.91 Å². The van der Waals surface area contributed by atoms with Crippen molar-refractivity contribution in [2.45, 2.75) is 20.4 Å². The van der Waals surface area contributed by atoms with Gasteiger partial charge in [-0.25, -0.2) is 0 Å². The van der Waals surface area contributed by atoms with Crippen LogP contribution < -0.4 is 9.54 Å². The Morgan fingerprint density at radius 2 is 1.84 bits per heavy atom. The van der Waals surface area contributed by atoms with E-state index in [0.717, 1.165) is 10.6 Å². The fraction of sp³-hybridized carbons (Fsp3) is 0.444. The van der Waals surface area contributed by atoms with Gasteiger partial charge in [-0.15, -0.1) is 11.3 Å². The highest BCUT2D eigenvalue weighted by atomic mass is 32.1. The normalized spacial score (nSPS) is 11.8. The first-order valence-corrected chi connectivity index (χ1v) is 8.85. The molecule has 0 atom stereocenters. The number of benzene rings is 1. The van der Waals surface area contributed by atoms with E-state index in [2.05, 4.69) is 4.99 Å². The van der Waals surface area contributed by atoms with E-state index in [9.17, 15) is 4.79 Å². The van der Waals surface area contributed by atoms with Crippen molar-refractivity contribution >= 4 is 17.2 Å². The average molecular weight is 364 g/mol. The first-order chi connectivity index (χ1) is 12.1. The van der Waals surface area contributed by atoms with Crippen LogP contribution in [0.1, 0.15) is 20.9 Å². The molecule has 0 aliphatic carbocycles. The molecule has 1 amide bonds. The van der Waals surface area contributed by atoms with Crippen molar-refractivity contribution in [2.24, 2.45) is 4.99 Å². The predicted octanol–water partition coefficient (Wildman–Crippen LogP) is 2.58. The number of thiazole rings is 1. The van der Waals surface area contributed by atoms with Crippen molar-refractivity contribution < 1.29 is 19.0 Å². The summed E-state index contributed by atoms with van der Waals surface area (Å²) >= 11 is 1.50. The average Bonchev–Trinajstić information content (AvgIpc) is 2.87. The van der Waals surface area contributed by atoms with Gasteiger partial charge in [0.2, 0.25) is 0 Å². The van der Waals surface area contributed by atoms with Gasteiger partial charge in [0.1, 0.15) is 12.4 Å². The van der Waals surface area contributed by atoms with Crippen LogP contribution in [0.25, 0.3) is 0 Å². The van der Waals surface area contributed by atoms with Gasteiger partial charge in [-0.2, -0.15) is 4.99 Å². The Balaban J connectivity index is 2.33. The van der Waals surface area contributed by atoms with Gasteiger partial charge in [-0.05, 0) is 26.0 Å². The molecule has 2 rings (SSSR count). The van der Waals surface area contributed by atoms with Gasteiger partial charge in [0.15, 0.2) is 4.80 Å². The van der Waals surface area contributed by atoms with Gasteiger partial charge in [0.05, 0.1) is 18.8 Å². The molecule has 1 heterocycles. The summed E-state index contributed by atoms with van der Waals surface area (Å²) in [5.41, 5.74) is 1.54. The Kier molecular flexibility index (Phi) is 7.36. The summed E-state index contributed by atoms with van der Waals surface area (Å²) < 4.78 is 17.8. The lowest BCUT2D eigenvalue weighted by Crippen LogP contribution is -2.21. The zero-order chi connectivity index (χ0) is 18.2. The number of nitrogens with zero attached hydrogens (tertiary/aromatic N) is 2. The Hall–Kier alpha value is -1.96. The number of aryl methyl sites for hydroxylation is 1. The zero-order valence-electron chi connectivity index (χ0n) is 15.1. The van der Waals surface area contributed by atoms with E-state index in [1.165, 1.54) is 11.3 Å². The monoisotopic (exact) mass is 364 g/mol. The Bertz CT molecular complexity index is 780. The predicted molar refractivity (Wildman–Crippen MR) is 97.4 cm³/mol. The van der Waals surface area contributed by atoms with Gasteiger partial charge in [-0.1, -0.05) is 12.1 Å². The molecule has 0 fully saturated rings. The minimum absolute atomic E-state index is 0.319. The second-order valence-corrected chi connectivity index (χ2v) is 6.61. The minimum Gasteiger partial charge on any atom is -0.490 e. The minimum atomic E-state index is -0.319. The zero-order valence-corrected chi connectivity index (χ0v) is 15.9. The molecule has 136 valence electrons.